The summed E-state index contributed by atoms with van der Waals surface area (Å²) in [5, 5.41) is 10.9. The Balaban J connectivity index is 2.39. The highest BCUT2D eigenvalue weighted by Gasteiger charge is 2.17. The third kappa shape index (κ3) is 2.31. The molecule has 23 heavy (non-hydrogen) atoms. The first kappa shape index (κ1) is 14.7. The lowest BCUT2D eigenvalue weighted by molar-refractivity contribution is -0.384. The van der Waals surface area contributed by atoms with Crippen molar-refractivity contribution in [2.45, 2.75) is 19.9 Å². The van der Waals surface area contributed by atoms with E-state index < -0.39 is 16.2 Å². The van der Waals surface area contributed by atoms with Gasteiger partial charge in [0.15, 0.2) is 5.65 Å². The number of aromatic nitrogens is 4. The lowest BCUT2D eigenvalue weighted by Crippen LogP contribution is -2.39. The van der Waals surface area contributed by atoms with Gasteiger partial charge in [-0.25, -0.2) is 14.3 Å². The predicted octanol–water partition coefficient (Wildman–Crippen LogP) is 1.19. The Hall–Kier alpha value is -3.23. The number of nitro groups is 1. The molecule has 0 aliphatic rings. The third-order valence-corrected chi connectivity index (χ3v) is 3.46. The van der Waals surface area contributed by atoms with E-state index in [0.717, 1.165) is 4.57 Å². The van der Waals surface area contributed by atoms with Gasteiger partial charge in [-0.05, 0) is 12.5 Å². The SMILES string of the molecule is CCCn1c(=O)c2[nH]cnc2n(-c2cccc([N+](=O)[O-])c2)c1=O. The first-order chi connectivity index (χ1) is 11.0. The van der Waals surface area contributed by atoms with Crippen LogP contribution in [0.4, 0.5) is 5.69 Å². The van der Waals surface area contributed by atoms with Crippen molar-refractivity contribution in [3.8, 4) is 5.69 Å². The molecule has 2 heterocycles. The zero-order chi connectivity index (χ0) is 16.6. The Morgan fingerprint density at radius 2 is 2.13 bits per heavy atom. The van der Waals surface area contributed by atoms with Gasteiger partial charge in [-0.2, -0.15) is 0 Å². The number of fused-ring (bicyclic) bond motifs is 1. The Kier molecular flexibility index (Phi) is 3.53. The van der Waals surface area contributed by atoms with Crippen LogP contribution in [0.25, 0.3) is 16.9 Å². The molecule has 9 nitrogen and oxygen atoms in total. The molecular weight excluding hydrogens is 302 g/mol. The van der Waals surface area contributed by atoms with E-state index in [1.54, 1.807) is 6.07 Å². The van der Waals surface area contributed by atoms with Gasteiger partial charge in [-0.1, -0.05) is 13.0 Å². The number of hydrogen-bond acceptors (Lipinski definition) is 5. The largest absolute Gasteiger partial charge is 0.339 e. The summed E-state index contributed by atoms with van der Waals surface area (Å²) in [6.45, 7) is 2.10. The highest BCUT2D eigenvalue weighted by Crippen LogP contribution is 2.17. The van der Waals surface area contributed by atoms with E-state index in [4.69, 9.17) is 0 Å². The number of rotatable bonds is 4. The number of benzene rings is 1. The number of nitro benzene ring substituents is 1. The molecule has 0 fully saturated rings. The minimum absolute atomic E-state index is 0.146. The molecule has 3 rings (SSSR count). The smallest absolute Gasteiger partial charge is 0.337 e. The summed E-state index contributed by atoms with van der Waals surface area (Å²) in [5.74, 6) is 0. The zero-order valence-corrected chi connectivity index (χ0v) is 12.2. The standard InChI is InChI=1S/C14H13N5O4/c1-2-6-17-13(20)11-12(16-8-15-11)18(14(17)21)9-4-3-5-10(7-9)19(22)23/h3-5,7-8H,2,6H2,1H3,(H,15,16). The Morgan fingerprint density at radius 1 is 1.35 bits per heavy atom. The van der Waals surface area contributed by atoms with Crippen LogP contribution in [0.1, 0.15) is 13.3 Å². The second-order valence-electron chi connectivity index (χ2n) is 4.95. The Morgan fingerprint density at radius 3 is 2.83 bits per heavy atom. The van der Waals surface area contributed by atoms with E-state index in [-0.39, 0.29) is 29.1 Å². The number of non-ortho nitro benzene ring substituents is 1. The van der Waals surface area contributed by atoms with E-state index in [1.165, 1.54) is 29.1 Å². The van der Waals surface area contributed by atoms with Crippen molar-refractivity contribution in [1.82, 2.24) is 19.1 Å². The summed E-state index contributed by atoms with van der Waals surface area (Å²) in [6.07, 6.45) is 1.92. The van der Waals surface area contributed by atoms with Crippen LogP contribution in [0.15, 0.2) is 40.2 Å². The maximum atomic E-state index is 12.7. The van der Waals surface area contributed by atoms with Crippen LogP contribution in [-0.4, -0.2) is 24.0 Å². The molecule has 1 N–H and O–H groups in total. The van der Waals surface area contributed by atoms with Crippen LogP contribution in [0.3, 0.4) is 0 Å². The molecule has 2 aromatic heterocycles. The van der Waals surface area contributed by atoms with Gasteiger partial charge in [0.05, 0.1) is 16.9 Å². The number of hydrogen-bond donors (Lipinski definition) is 1. The van der Waals surface area contributed by atoms with Gasteiger partial charge in [0, 0.05) is 18.7 Å². The highest BCUT2D eigenvalue weighted by molar-refractivity contribution is 5.71. The maximum absolute atomic E-state index is 12.7. The molecule has 0 aliphatic carbocycles. The number of nitrogens with zero attached hydrogens (tertiary/aromatic N) is 4. The predicted molar refractivity (Wildman–Crippen MR) is 82.9 cm³/mol. The fraction of sp³-hybridized carbons (Fsp3) is 0.214. The summed E-state index contributed by atoms with van der Waals surface area (Å²) >= 11 is 0. The molecule has 3 aromatic rings. The lowest BCUT2D eigenvalue weighted by atomic mass is 10.2. The van der Waals surface area contributed by atoms with Crippen LogP contribution in [0, 0.1) is 10.1 Å². The van der Waals surface area contributed by atoms with Crippen molar-refractivity contribution in [3.63, 3.8) is 0 Å². The summed E-state index contributed by atoms with van der Waals surface area (Å²) in [6, 6.07) is 5.64. The van der Waals surface area contributed by atoms with Gasteiger partial charge < -0.3 is 4.98 Å². The van der Waals surface area contributed by atoms with E-state index >= 15 is 0 Å². The van der Waals surface area contributed by atoms with Crippen molar-refractivity contribution >= 4 is 16.9 Å². The monoisotopic (exact) mass is 315 g/mol. The molecule has 0 unspecified atom stereocenters. The molecule has 1 aromatic carbocycles. The third-order valence-electron chi connectivity index (χ3n) is 3.46. The van der Waals surface area contributed by atoms with Crippen molar-refractivity contribution in [2.24, 2.45) is 0 Å². The van der Waals surface area contributed by atoms with Crippen molar-refractivity contribution in [2.75, 3.05) is 0 Å². The van der Waals surface area contributed by atoms with Crippen LogP contribution < -0.4 is 11.2 Å². The quantitative estimate of drug-likeness (QED) is 0.573. The molecule has 0 bridgehead atoms. The van der Waals surface area contributed by atoms with E-state index in [2.05, 4.69) is 9.97 Å². The summed E-state index contributed by atoms with van der Waals surface area (Å²) in [4.78, 5) is 42.1. The average Bonchev–Trinajstić information content (AvgIpc) is 3.01. The molecule has 0 spiro atoms. The second-order valence-corrected chi connectivity index (χ2v) is 4.95. The van der Waals surface area contributed by atoms with Crippen LogP contribution in [0.5, 0.6) is 0 Å². The minimum atomic E-state index is -0.572. The lowest BCUT2D eigenvalue weighted by Gasteiger charge is -2.10. The van der Waals surface area contributed by atoms with E-state index in [1.807, 2.05) is 6.92 Å². The van der Waals surface area contributed by atoms with Crippen molar-refractivity contribution < 1.29 is 4.92 Å². The van der Waals surface area contributed by atoms with Crippen molar-refractivity contribution in [1.29, 1.82) is 0 Å². The van der Waals surface area contributed by atoms with Gasteiger partial charge in [0.25, 0.3) is 11.2 Å². The average molecular weight is 315 g/mol. The molecule has 0 saturated heterocycles. The highest BCUT2D eigenvalue weighted by atomic mass is 16.6. The van der Waals surface area contributed by atoms with Crippen LogP contribution in [-0.2, 0) is 6.54 Å². The topological polar surface area (TPSA) is 116 Å². The molecular formula is C14H13N5O4. The molecule has 118 valence electrons. The fourth-order valence-corrected chi connectivity index (χ4v) is 2.45. The van der Waals surface area contributed by atoms with Gasteiger partial charge >= 0.3 is 5.69 Å². The number of imidazole rings is 1. The summed E-state index contributed by atoms with van der Waals surface area (Å²) in [5.41, 5.74) is -0.558. The summed E-state index contributed by atoms with van der Waals surface area (Å²) < 4.78 is 2.30. The van der Waals surface area contributed by atoms with Crippen LogP contribution >= 0.6 is 0 Å². The normalized spacial score (nSPS) is 11.0. The molecule has 0 radical (unpaired) electrons. The molecule has 9 heteroatoms. The Bertz CT molecular complexity index is 1010. The Labute approximate surface area is 129 Å². The molecule has 0 saturated carbocycles. The van der Waals surface area contributed by atoms with Crippen molar-refractivity contribution in [3.05, 3.63) is 61.5 Å². The van der Waals surface area contributed by atoms with Gasteiger partial charge in [-0.15, -0.1) is 0 Å². The van der Waals surface area contributed by atoms with Gasteiger partial charge in [0.1, 0.15) is 5.52 Å². The van der Waals surface area contributed by atoms with Gasteiger partial charge in [0.2, 0.25) is 0 Å². The summed E-state index contributed by atoms with van der Waals surface area (Å²) in [7, 11) is 0. The van der Waals surface area contributed by atoms with E-state index in [0.29, 0.717) is 6.42 Å². The first-order valence-corrected chi connectivity index (χ1v) is 6.98. The van der Waals surface area contributed by atoms with Crippen LogP contribution in [0.2, 0.25) is 0 Å². The minimum Gasteiger partial charge on any atom is -0.339 e. The first-order valence-electron chi connectivity index (χ1n) is 6.98. The number of aromatic amines is 1. The second kappa shape index (κ2) is 5.52. The molecule has 0 atom stereocenters. The molecule has 0 aliphatic heterocycles. The number of H-pyrrole nitrogens is 1. The van der Waals surface area contributed by atoms with E-state index in [9.17, 15) is 19.7 Å². The fourth-order valence-electron chi connectivity index (χ4n) is 2.45. The van der Waals surface area contributed by atoms with Gasteiger partial charge in [-0.3, -0.25) is 19.5 Å². The molecule has 0 amide bonds. The number of nitrogens with one attached hydrogen (secondary N) is 1. The maximum Gasteiger partial charge on any atom is 0.337 e. The zero-order valence-electron chi connectivity index (χ0n) is 12.2.